The van der Waals surface area contributed by atoms with Crippen molar-refractivity contribution in [3.8, 4) is 0 Å². The van der Waals surface area contributed by atoms with E-state index in [2.05, 4.69) is 4.72 Å². The van der Waals surface area contributed by atoms with E-state index < -0.39 is 10.0 Å². The number of benzene rings is 2. The van der Waals surface area contributed by atoms with Gasteiger partial charge in [-0.1, -0.05) is 41.9 Å². The Bertz CT molecular complexity index is 672. The largest absolute Gasteiger partial charge is 0.397 e. The quantitative estimate of drug-likeness (QED) is 0.852. The summed E-state index contributed by atoms with van der Waals surface area (Å²) in [4.78, 5) is 0. The van der Waals surface area contributed by atoms with Crippen molar-refractivity contribution in [2.45, 2.75) is 5.75 Å². The minimum Gasteiger partial charge on any atom is -0.397 e. The Labute approximate surface area is 117 Å². The first-order chi connectivity index (χ1) is 8.96. The summed E-state index contributed by atoms with van der Waals surface area (Å²) in [7, 11) is -3.50. The second kappa shape index (κ2) is 5.50. The maximum atomic E-state index is 12.0. The van der Waals surface area contributed by atoms with E-state index >= 15 is 0 Å². The van der Waals surface area contributed by atoms with E-state index in [1.54, 1.807) is 36.4 Å². The molecule has 6 heteroatoms. The first-order valence-corrected chi connectivity index (χ1v) is 7.59. The van der Waals surface area contributed by atoms with Crippen LogP contribution in [-0.2, 0) is 15.8 Å². The molecule has 0 aliphatic heterocycles. The third-order valence-corrected chi connectivity index (χ3v) is 3.96. The fraction of sp³-hybridized carbons (Fsp3) is 0.0769. The highest BCUT2D eigenvalue weighted by Gasteiger charge is 2.13. The number of sulfonamides is 1. The van der Waals surface area contributed by atoms with E-state index in [0.717, 1.165) is 0 Å². The Morgan fingerprint density at radius 3 is 2.42 bits per heavy atom. The van der Waals surface area contributed by atoms with Crippen LogP contribution in [0, 0.1) is 0 Å². The van der Waals surface area contributed by atoms with E-state index in [1.165, 1.54) is 6.07 Å². The SMILES string of the molecule is Nc1cc(Cl)ccc1NS(=O)(=O)Cc1ccccc1. The van der Waals surface area contributed by atoms with Gasteiger partial charge in [-0.05, 0) is 23.8 Å². The highest BCUT2D eigenvalue weighted by atomic mass is 35.5. The van der Waals surface area contributed by atoms with Crippen molar-refractivity contribution >= 4 is 33.0 Å². The molecule has 0 unspecified atom stereocenters. The van der Waals surface area contributed by atoms with Crippen LogP contribution >= 0.6 is 11.6 Å². The molecule has 0 fully saturated rings. The highest BCUT2D eigenvalue weighted by Crippen LogP contribution is 2.24. The normalized spacial score (nSPS) is 11.2. The Hall–Kier alpha value is -1.72. The number of nitrogens with one attached hydrogen (secondary N) is 1. The average Bonchev–Trinajstić information content (AvgIpc) is 2.33. The summed E-state index contributed by atoms with van der Waals surface area (Å²) in [6.07, 6.45) is 0. The molecule has 0 saturated carbocycles. The smallest absolute Gasteiger partial charge is 0.236 e. The molecule has 0 aliphatic rings. The van der Waals surface area contributed by atoms with Crippen LogP contribution in [0.1, 0.15) is 5.56 Å². The van der Waals surface area contributed by atoms with Crippen molar-refractivity contribution < 1.29 is 8.42 Å². The molecule has 0 amide bonds. The van der Waals surface area contributed by atoms with Crippen LogP contribution in [0.2, 0.25) is 5.02 Å². The van der Waals surface area contributed by atoms with Gasteiger partial charge in [0.15, 0.2) is 0 Å². The highest BCUT2D eigenvalue weighted by molar-refractivity contribution is 7.91. The molecule has 0 bridgehead atoms. The van der Waals surface area contributed by atoms with Crippen LogP contribution in [0.4, 0.5) is 11.4 Å². The molecule has 2 rings (SSSR count). The zero-order chi connectivity index (χ0) is 13.9. The van der Waals surface area contributed by atoms with E-state index in [4.69, 9.17) is 17.3 Å². The summed E-state index contributed by atoms with van der Waals surface area (Å²) >= 11 is 5.76. The first-order valence-electron chi connectivity index (χ1n) is 5.56. The summed E-state index contributed by atoms with van der Waals surface area (Å²) in [6.45, 7) is 0. The number of hydrogen-bond acceptors (Lipinski definition) is 3. The Morgan fingerprint density at radius 2 is 1.79 bits per heavy atom. The van der Waals surface area contributed by atoms with E-state index in [-0.39, 0.29) is 5.75 Å². The van der Waals surface area contributed by atoms with Crippen LogP contribution in [-0.4, -0.2) is 8.42 Å². The fourth-order valence-electron chi connectivity index (χ4n) is 1.62. The van der Waals surface area contributed by atoms with Gasteiger partial charge in [-0.2, -0.15) is 0 Å². The molecule has 0 saturated heterocycles. The van der Waals surface area contributed by atoms with Crippen molar-refractivity contribution in [2.75, 3.05) is 10.5 Å². The molecular weight excluding hydrogens is 284 g/mol. The molecule has 0 radical (unpaired) electrons. The Kier molecular flexibility index (Phi) is 3.97. The summed E-state index contributed by atoms with van der Waals surface area (Å²) in [5, 5.41) is 0.462. The third kappa shape index (κ3) is 3.87. The van der Waals surface area contributed by atoms with Gasteiger partial charge in [-0.15, -0.1) is 0 Å². The number of halogens is 1. The van der Waals surface area contributed by atoms with Gasteiger partial charge in [-0.25, -0.2) is 8.42 Å². The number of anilines is 2. The lowest BCUT2D eigenvalue weighted by atomic mass is 10.2. The molecule has 3 N–H and O–H groups in total. The summed E-state index contributed by atoms with van der Waals surface area (Å²) < 4.78 is 26.5. The topological polar surface area (TPSA) is 72.2 Å². The van der Waals surface area contributed by atoms with Crippen LogP contribution in [0.5, 0.6) is 0 Å². The molecule has 0 atom stereocenters. The predicted octanol–water partition coefficient (Wildman–Crippen LogP) is 2.86. The zero-order valence-electron chi connectivity index (χ0n) is 10.0. The average molecular weight is 297 g/mol. The molecule has 19 heavy (non-hydrogen) atoms. The van der Waals surface area contributed by atoms with Crippen LogP contribution in [0.25, 0.3) is 0 Å². The molecular formula is C13H13ClN2O2S. The summed E-state index contributed by atoms with van der Waals surface area (Å²) in [5.41, 5.74) is 7.05. The van der Waals surface area contributed by atoms with E-state index in [0.29, 0.717) is 22.0 Å². The minimum absolute atomic E-state index is 0.101. The van der Waals surface area contributed by atoms with Crippen molar-refractivity contribution in [1.29, 1.82) is 0 Å². The van der Waals surface area contributed by atoms with Crippen molar-refractivity contribution in [2.24, 2.45) is 0 Å². The second-order valence-electron chi connectivity index (χ2n) is 4.08. The maximum Gasteiger partial charge on any atom is 0.236 e. The second-order valence-corrected chi connectivity index (χ2v) is 6.24. The lowest BCUT2D eigenvalue weighted by Crippen LogP contribution is -2.16. The van der Waals surface area contributed by atoms with Gasteiger partial charge in [0.1, 0.15) is 0 Å². The summed E-state index contributed by atoms with van der Waals surface area (Å²) in [5.74, 6) is -0.101. The molecule has 0 spiro atoms. The van der Waals surface area contributed by atoms with Gasteiger partial charge in [0.05, 0.1) is 17.1 Å². The minimum atomic E-state index is -3.50. The molecule has 2 aromatic rings. The number of hydrogen-bond donors (Lipinski definition) is 2. The standard InChI is InChI=1S/C13H13ClN2O2S/c14-11-6-7-13(12(15)8-11)16-19(17,18)9-10-4-2-1-3-5-10/h1-8,16H,9,15H2. The van der Waals surface area contributed by atoms with E-state index in [1.807, 2.05) is 6.07 Å². The van der Waals surface area contributed by atoms with Gasteiger partial charge < -0.3 is 5.73 Å². The van der Waals surface area contributed by atoms with Crippen molar-refractivity contribution in [1.82, 2.24) is 0 Å². The van der Waals surface area contributed by atoms with Crippen LogP contribution in [0.15, 0.2) is 48.5 Å². The van der Waals surface area contributed by atoms with E-state index in [9.17, 15) is 8.42 Å². The fourth-order valence-corrected chi connectivity index (χ4v) is 3.03. The van der Waals surface area contributed by atoms with Gasteiger partial charge in [0.2, 0.25) is 10.0 Å². The number of rotatable bonds is 4. The molecule has 2 aromatic carbocycles. The Balaban J connectivity index is 2.17. The van der Waals surface area contributed by atoms with Gasteiger partial charge in [0.25, 0.3) is 0 Å². The predicted molar refractivity (Wildman–Crippen MR) is 78.6 cm³/mol. The zero-order valence-corrected chi connectivity index (χ0v) is 11.6. The van der Waals surface area contributed by atoms with Gasteiger partial charge in [-0.3, -0.25) is 4.72 Å². The molecule has 0 aromatic heterocycles. The van der Waals surface area contributed by atoms with Crippen LogP contribution < -0.4 is 10.5 Å². The molecule has 0 heterocycles. The van der Waals surface area contributed by atoms with Crippen molar-refractivity contribution in [3.05, 3.63) is 59.1 Å². The lowest BCUT2D eigenvalue weighted by Gasteiger charge is -2.10. The summed E-state index contributed by atoms with van der Waals surface area (Å²) in [6, 6.07) is 13.6. The lowest BCUT2D eigenvalue weighted by molar-refractivity contribution is 0.600. The van der Waals surface area contributed by atoms with Gasteiger partial charge >= 0.3 is 0 Å². The molecule has 100 valence electrons. The number of nitrogen functional groups attached to an aromatic ring is 1. The first kappa shape index (κ1) is 13.7. The van der Waals surface area contributed by atoms with Crippen LogP contribution in [0.3, 0.4) is 0 Å². The number of nitrogens with two attached hydrogens (primary N) is 1. The molecule has 4 nitrogen and oxygen atoms in total. The maximum absolute atomic E-state index is 12.0. The molecule has 0 aliphatic carbocycles. The third-order valence-electron chi connectivity index (χ3n) is 2.48. The Morgan fingerprint density at radius 1 is 1.11 bits per heavy atom. The monoisotopic (exact) mass is 296 g/mol. The van der Waals surface area contributed by atoms with Crippen molar-refractivity contribution in [3.63, 3.8) is 0 Å². The van der Waals surface area contributed by atoms with Gasteiger partial charge in [0, 0.05) is 5.02 Å².